The number of pyridine rings is 1. The highest BCUT2D eigenvalue weighted by molar-refractivity contribution is 9.10. The lowest BCUT2D eigenvalue weighted by Crippen LogP contribution is -2.07. The molecule has 0 saturated heterocycles. The molecule has 0 radical (unpaired) electrons. The van der Waals surface area contributed by atoms with E-state index in [4.69, 9.17) is 0 Å². The summed E-state index contributed by atoms with van der Waals surface area (Å²) in [4.78, 5) is 4.09. The first-order valence-corrected chi connectivity index (χ1v) is 5.73. The van der Waals surface area contributed by atoms with Crippen molar-refractivity contribution >= 4 is 26.8 Å². The van der Waals surface area contributed by atoms with Gasteiger partial charge in [0.2, 0.25) is 0 Å². The molecule has 0 aliphatic heterocycles. The van der Waals surface area contributed by atoms with E-state index >= 15 is 0 Å². The highest BCUT2D eigenvalue weighted by Crippen LogP contribution is 2.37. The highest BCUT2D eigenvalue weighted by Gasteiger charge is 2.33. The van der Waals surface area contributed by atoms with Gasteiger partial charge < -0.3 is 0 Å². The van der Waals surface area contributed by atoms with Gasteiger partial charge in [0.25, 0.3) is 0 Å². The molecule has 0 atom stereocenters. The third-order valence-electron chi connectivity index (χ3n) is 2.52. The van der Waals surface area contributed by atoms with Crippen LogP contribution in [0.4, 0.5) is 13.2 Å². The molecule has 2 rings (SSSR count). The molecule has 1 aromatic carbocycles. The molecular weight excluding hydrogens is 295 g/mol. The van der Waals surface area contributed by atoms with Crippen LogP contribution >= 0.6 is 15.9 Å². The van der Waals surface area contributed by atoms with Crippen LogP contribution in [0.15, 0.2) is 22.8 Å². The summed E-state index contributed by atoms with van der Waals surface area (Å²) in [7, 11) is 0. The van der Waals surface area contributed by atoms with E-state index in [1.807, 2.05) is 6.92 Å². The quantitative estimate of drug-likeness (QED) is 0.646. The lowest BCUT2D eigenvalue weighted by molar-refractivity contribution is -0.136. The maximum absolute atomic E-state index is 12.9. The summed E-state index contributed by atoms with van der Waals surface area (Å²) in [6.07, 6.45) is -4.37. The van der Waals surface area contributed by atoms with Gasteiger partial charge in [-0.05, 0) is 53.0 Å². The molecule has 2 aromatic rings. The summed E-state index contributed by atoms with van der Waals surface area (Å²) in [6.45, 7) is 3.50. The molecule has 1 heterocycles. The molecule has 17 heavy (non-hydrogen) atoms. The van der Waals surface area contributed by atoms with Crippen molar-refractivity contribution in [1.82, 2.24) is 4.98 Å². The zero-order valence-electron chi connectivity index (χ0n) is 9.19. The minimum atomic E-state index is -4.37. The first-order chi connectivity index (χ1) is 7.79. The van der Waals surface area contributed by atoms with Crippen LogP contribution in [0.5, 0.6) is 0 Å². The number of rotatable bonds is 0. The van der Waals surface area contributed by atoms with Gasteiger partial charge >= 0.3 is 6.18 Å². The van der Waals surface area contributed by atoms with E-state index in [1.54, 1.807) is 19.1 Å². The zero-order chi connectivity index (χ0) is 12.8. The molecule has 0 unspecified atom stereocenters. The van der Waals surface area contributed by atoms with Crippen LogP contribution in [-0.2, 0) is 6.18 Å². The minimum Gasteiger partial charge on any atom is -0.241 e. The lowest BCUT2D eigenvalue weighted by atomic mass is 10.0. The molecule has 90 valence electrons. The van der Waals surface area contributed by atoms with E-state index in [1.165, 1.54) is 0 Å². The van der Waals surface area contributed by atoms with Gasteiger partial charge in [0.15, 0.2) is 0 Å². The Labute approximate surface area is 105 Å². The molecule has 0 aliphatic carbocycles. The Balaban J connectivity index is 2.93. The molecule has 1 nitrogen and oxygen atoms in total. The van der Waals surface area contributed by atoms with Crippen LogP contribution in [0.2, 0.25) is 0 Å². The highest BCUT2D eigenvalue weighted by atomic mass is 79.9. The number of benzene rings is 1. The van der Waals surface area contributed by atoms with Crippen molar-refractivity contribution in [3.8, 4) is 0 Å². The van der Waals surface area contributed by atoms with E-state index in [9.17, 15) is 13.2 Å². The SMILES string of the molecule is Cc1cc(C)c2c(C(F)(F)F)cc(Br)nc2c1. The summed E-state index contributed by atoms with van der Waals surface area (Å²) in [5, 5.41) is 0.173. The van der Waals surface area contributed by atoms with E-state index in [-0.39, 0.29) is 9.99 Å². The van der Waals surface area contributed by atoms with E-state index in [0.717, 1.165) is 11.6 Å². The van der Waals surface area contributed by atoms with Crippen molar-refractivity contribution < 1.29 is 13.2 Å². The normalized spacial score (nSPS) is 12.1. The fraction of sp³-hybridized carbons (Fsp3) is 0.250. The number of fused-ring (bicyclic) bond motifs is 1. The molecule has 0 bridgehead atoms. The van der Waals surface area contributed by atoms with Gasteiger partial charge in [0.05, 0.1) is 11.1 Å². The van der Waals surface area contributed by atoms with Crippen LogP contribution in [0, 0.1) is 13.8 Å². The van der Waals surface area contributed by atoms with Crippen molar-refractivity contribution in [3.05, 3.63) is 39.5 Å². The van der Waals surface area contributed by atoms with Crippen LogP contribution in [0.1, 0.15) is 16.7 Å². The Kier molecular flexibility index (Phi) is 2.89. The average molecular weight is 304 g/mol. The van der Waals surface area contributed by atoms with Crippen LogP contribution in [0.25, 0.3) is 10.9 Å². The second kappa shape index (κ2) is 3.98. The standard InChI is InChI=1S/C12H9BrF3N/c1-6-3-7(2)11-8(12(14,15)16)5-10(13)17-9(11)4-6/h3-5H,1-2H3. The predicted molar refractivity (Wildman–Crippen MR) is 63.9 cm³/mol. The van der Waals surface area contributed by atoms with E-state index < -0.39 is 11.7 Å². The molecule has 0 spiro atoms. The molecule has 5 heteroatoms. The minimum absolute atomic E-state index is 0.173. The second-order valence-electron chi connectivity index (χ2n) is 3.97. The van der Waals surface area contributed by atoms with Crippen LogP contribution in [-0.4, -0.2) is 4.98 Å². The van der Waals surface area contributed by atoms with Gasteiger partial charge in [-0.1, -0.05) is 6.07 Å². The molecule has 0 fully saturated rings. The first kappa shape index (κ1) is 12.4. The maximum atomic E-state index is 12.9. The molecule has 0 N–H and O–H groups in total. The Morgan fingerprint density at radius 3 is 2.35 bits per heavy atom. The molecular formula is C12H9BrF3N. The molecule has 1 aromatic heterocycles. The smallest absolute Gasteiger partial charge is 0.241 e. The number of aryl methyl sites for hydroxylation is 2. The molecule has 0 amide bonds. The van der Waals surface area contributed by atoms with Crippen molar-refractivity contribution in [3.63, 3.8) is 0 Å². The van der Waals surface area contributed by atoms with Crippen molar-refractivity contribution in [2.24, 2.45) is 0 Å². The third kappa shape index (κ3) is 2.29. The number of nitrogens with zero attached hydrogens (tertiary/aromatic N) is 1. The Hall–Kier alpha value is -1.10. The lowest BCUT2D eigenvalue weighted by Gasteiger charge is -2.13. The van der Waals surface area contributed by atoms with Gasteiger partial charge in [-0.3, -0.25) is 0 Å². The Morgan fingerprint density at radius 1 is 1.12 bits per heavy atom. The number of hydrogen-bond donors (Lipinski definition) is 0. The zero-order valence-corrected chi connectivity index (χ0v) is 10.8. The van der Waals surface area contributed by atoms with Crippen molar-refractivity contribution in [2.75, 3.05) is 0 Å². The first-order valence-electron chi connectivity index (χ1n) is 4.94. The van der Waals surface area contributed by atoms with Crippen LogP contribution < -0.4 is 0 Å². The van der Waals surface area contributed by atoms with Gasteiger partial charge in [-0.2, -0.15) is 13.2 Å². The van der Waals surface area contributed by atoms with Gasteiger partial charge in [-0.25, -0.2) is 4.98 Å². The van der Waals surface area contributed by atoms with E-state index in [2.05, 4.69) is 20.9 Å². The summed E-state index contributed by atoms with van der Waals surface area (Å²) in [5.74, 6) is 0. The molecule has 0 saturated carbocycles. The second-order valence-corrected chi connectivity index (χ2v) is 4.78. The summed E-state index contributed by atoms with van der Waals surface area (Å²) < 4.78 is 39.0. The van der Waals surface area contributed by atoms with Crippen LogP contribution in [0.3, 0.4) is 0 Å². The number of halogens is 4. The topological polar surface area (TPSA) is 12.9 Å². The summed E-state index contributed by atoms with van der Waals surface area (Å²) >= 11 is 3.01. The van der Waals surface area contributed by atoms with Crippen molar-refractivity contribution in [2.45, 2.75) is 20.0 Å². The molecule has 0 aliphatic rings. The monoisotopic (exact) mass is 303 g/mol. The van der Waals surface area contributed by atoms with Gasteiger partial charge in [0.1, 0.15) is 4.60 Å². The largest absolute Gasteiger partial charge is 0.417 e. The van der Waals surface area contributed by atoms with Gasteiger partial charge in [-0.15, -0.1) is 0 Å². The van der Waals surface area contributed by atoms with Crippen molar-refractivity contribution in [1.29, 1.82) is 0 Å². The number of aromatic nitrogens is 1. The average Bonchev–Trinajstić information content (AvgIpc) is 2.13. The fourth-order valence-corrected chi connectivity index (χ4v) is 2.37. The number of hydrogen-bond acceptors (Lipinski definition) is 1. The maximum Gasteiger partial charge on any atom is 0.417 e. The fourth-order valence-electron chi connectivity index (χ4n) is 1.95. The predicted octanol–water partition coefficient (Wildman–Crippen LogP) is 4.63. The Bertz CT molecular complexity index is 585. The number of alkyl halides is 3. The summed E-state index contributed by atoms with van der Waals surface area (Å²) in [6, 6.07) is 4.40. The summed E-state index contributed by atoms with van der Waals surface area (Å²) in [5.41, 5.74) is 1.21. The Morgan fingerprint density at radius 2 is 1.76 bits per heavy atom. The third-order valence-corrected chi connectivity index (χ3v) is 2.93. The van der Waals surface area contributed by atoms with E-state index in [0.29, 0.717) is 11.1 Å². The van der Waals surface area contributed by atoms with Gasteiger partial charge in [0, 0.05) is 5.39 Å².